The summed E-state index contributed by atoms with van der Waals surface area (Å²) < 4.78 is 29.2. The molecule has 7 heteroatoms. The molecule has 210 valence electrons. The Morgan fingerprint density at radius 2 is 1.37 bits per heavy atom. The van der Waals surface area contributed by atoms with Crippen LogP contribution in [0.15, 0.2) is 120 Å². The first kappa shape index (κ1) is 29.6. The molecule has 6 rings (SSSR count). The van der Waals surface area contributed by atoms with Crippen molar-refractivity contribution < 1.29 is 8.42 Å². The van der Waals surface area contributed by atoms with Crippen molar-refractivity contribution in [1.82, 2.24) is 4.31 Å². The van der Waals surface area contributed by atoms with E-state index in [1.165, 1.54) is 16.3 Å². The molecule has 0 fully saturated rings. The van der Waals surface area contributed by atoms with E-state index in [0.717, 1.165) is 27.5 Å². The lowest BCUT2D eigenvalue weighted by Gasteiger charge is -2.39. The Bertz CT molecular complexity index is 1810. The Hall–Kier alpha value is -2.86. The Morgan fingerprint density at radius 1 is 0.756 bits per heavy atom. The summed E-state index contributed by atoms with van der Waals surface area (Å²) in [7, 11) is -3.75. The predicted octanol–water partition coefficient (Wildman–Crippen LogP) is 9.90. The van der Waals surface area contributed by atoms with Crippen LogP contribution in [0, 0.1) is 6.92 Å². The van der Waals surface area contributed by atoms with Crippen LogP contribution in [-0.4, -0.2) is 23.1 Å². The van der Waals surface area contributed by atoms with Crippen LogP contribution >= 0.6 is 34.8 Å². The fourth-order valence-electron chi connectivity index (χ4n) is 5.62. The molecule has 1 aliphatic heterocycles. The molecule has 0 radical (unpaired) electrons. The largest absolute Gasteiger partial charge is 0.244 e. The summed E-state index contributed by atoms with van der Waals surface area (Å²) in [5.41, 5.74) is 4.39. The monoisotopic (exact) mass is 621 g/mol. The molecule has 0 bridgehead atoms. The minimum atomic E-state index is -3.75. The summed E-state index contributed by atoms with van der Waals surface area (Å²) in [6, 6.07) is 35.8. The Balaban J connectivity index is 0.000000794. The van der Waals surface area contributed by atoms with E-state index in [1.54, 1.807) is 16.4 Å². The fraction of sp³-hybridized carbons (Fsp3) is 0.176. The van der Waals surface area contributed by atoms with Crippen LogP contribution in [0.1, 0.15) is 36.1 Å². The molecular weight excluding hydrogens is 593 g/mol. The molecule has 5 aromatic rings. The zero-order valence-electron chi connectivity index (χ0n) is 22.7. The van der Waals surface area contributed by atoms with Gasteiger partial charge in [-0.15, -0.1) is 0 Å². The number of halogens is 3. The third-order valence-corrected chi connectivity index (χ3v) is 9.47. The van der Waals surface area contributed by atoms with Crippen molar-refractivity contribution in [2.24, 2.45) is 0 Å². The van der Waals surface area contributed by atoms with E-state index in [-0.39, 0.29) is 12.1 Å². The molecule has 41 heavy (non-hydrogen) atoms. The van der Waals surface area contributed by atoms with Crippen molar-refractivity contribution in [2.75, 3.05) is 0 Å². The highest BCUT2D eigenvalue weighted by Crippen LogP contribution is 2.43. The average molecular weight is 623 g/mol. The van der Waals surface area contributed by atoms with Crippen molar-refractivity contribution in [3.63, 3.8) is 0 Å². The molecule has 1 aliphatic rings. The minimum Gasteiger partial charge on any atom is -0.207 e. The third-order valence-electron chi connectivity index (χ3n) is 7.46. The summed E-state index contributed by atoms with van der Waals surface area (Å²) in [5.74, 6) is 0. The molecule has 0 spiro atoms. The van der Waals surface area contributed by atoms with E-state index in [4.69, 9.17) is 34.8 Å². The first-order valence-corrected chi connectivity index (χ1v) is 16.1. The lowest BCUT2D eigenvalue weighted by Crippen LogP contribution is -2.43. The van der Waals surface area contributed by atoms with Gasteiger partial charge in [0.1, 0.15) is 0 Å². The standard InChI is InChI=1S/C33H29NO2S.CHCl3/c1-23-14-18-30(19-15-23)37(35,36)34-24(2)20-29(28-17-16-25-8-3-4-10-27(25)21-28)22-33(34)32-13-7-11-26-9-5-6-12-31(26)32;2-1(3)4/h3-21,24,33H,22H2,1-2H3;1H/t24-,33-;/m1./s1. The first-order chi connectivity index (χ1) is 19.6. The number of fused-ring (bicyclic) bond motifs is 2. The van der Waals surface area contributed by atoms with Crippen molar-refractivity contribution >= 4 is 71.9 Å². The van der Waals surface area contributed by atoms with Gasteiger partial charge in [0.15, 0.2) is 4.30 Å². The smallest absolute Gasteiger partial charge is 0.207 e. The minimum absolute atomic E-state index is 0.314. The zero-order chi connectivity index (χ0) is 29.1. The van der Waals surface area contributed by atoms with Gasteiger partial charge in [-0.25, -0.2) is 8.42 Å². The van der Waals surface area contributed by atoms with Crippen molar-refractivity contribution in [1.29, 1.82) is 0 Å². The SMILES string of the molecule is Cc1ccc(S(=O)(=O)N2[C@H](C)C=C(c3ccc4ccccc4c3)C[C@@H]2c2cccc3ccccc23)cc1.ClC(Cl)Cl. The summed E-state index contributed by atoms with van der Waals surface area (Å²) in [5, 5.41) is 4.59. The van der Waals surface area contributed by atoms with Crippen LogP contribution in [0.4, 0.5) is 0 Å². The number of rotatable bonds is 4. The molecule has 0 saturated heterocycles. The predicted molar refractivity (Wildman–Crippen MR) is 174 cm³/mol. The fourth-order valence-corrected chi connectivity index (χ4v) is 7.37. The van der Waals surface area contributed by atoms with E-state index in [1.807, 2.05) is 50.2 Å². The van der Waals surface area contributed by atoms with E-state index in [2.05, 4.69) is 66.7 Å². The molecule has 5 aromatic carbocycles. The van der Waals surface area contributed by atoms with Gasteiger partial charge in [0.2, 0.25) is 10.0 Å². The van der Waals surface area contributed by atoms with Crippen LogP contribution in [0.25, 0.3) is 27.1 Å². The maximum atomic E-state index is 14.1. The number of benzene rings is 5. The van der Waals surface area contributed by atoms with Crippen LogP contribution < -0.4 is 0 Å². The third kappa shape index (κ3) is 6.48. The van der Waals surface area contributed by atoms with Gasteiger partial charge in [-0.2, -0.15) is 4.31 Å². The van der Waals surface area contributed by atoms with E-state index < -0.39 is 14.3 Å². The van der Waals surface area contributed by atoms with Gasteiger partial charge < -0.3 is 0 Å². The van der Waals surface area contributed by atoms with E-state index in [9.17, 15) is 8.42 Å². The highest BCUT2D eigenvalue weighted by molar-refractivity contribution is 7.89. The van der Waals surface area contributed by atoms with E-state index in [0.29, 0.717) is 11.3 Å². The molecule has 0 aliphatic carbocycles. The molecule has 0 unspecified atom stereocenters. The molecule has 0 amide bonds. The molecule has 0 aromatic heterocycles. The Labute approximate surface area is 257 Å². The average Bonchev–Trinajstić information content (AvgIpc) is 2.96. The maximum Gasteiger partial charge on any atom is 0.244 e. The molecule has 1 heterocycles. The number of sulfonamides is 1. The summed E-state index contributed by atoms with van der Waals surface area (Å²) >= 11 is 14.4. The van der Waals surface area contributed by atoms with Gasteiger partial charge in [0.25, 0.3) is 0 Å². The van der Waals surface area contributed by atoms with Crippen molar-refractivity contribution in [3.8, 4) is 0 Å². The summed E-state index contributed by atoms with van der Waals surface area (Å²) in [6.07, 6.45) is 2.72. The van der Waals surface area contributed by atoms with Crippen molar-refractivity contribution in [3.05, 3.63) is 132 Å². The zero-order valence-corrected chi connectivity index (χ0v) is 25.8. The summed E-state index contributed by atoms with van der Waals surface area (Å²) in [4.78, 5) is 0.331. The van der Waals surface area contributed by atoms with Gasteiger partial charge >= 0.3 is 0 Å². The van der Waals surface area contributed by atoms with Gasteiger partial charge in [-0.05, 0) is 76.7 Å². The van der Waals surface area contributed by atoms with Crippen LogP contribution in [0.2, 0.25) is 0 Å². The van der Waals surface area contributed by atoms with Crippen LogP contribution in [-0.2, 0) is 10.0 Å². The Morgan fingerprint density at radius 3 is 2.07 bits per heavy atom. The molecule has 0 N–H and O–H groups in total. The topological polar surface area (TPSA) is 37.4 Å². The second-order valence-electron chi connectivity index (χ2n) is 10.2. The molecular formula is C34H30Cl3NO2S. The number of hydrogen-bond acceptors (Lipinski definition) is 2. The maximum absolute atomic E-state index is 14.1. The number of hydrogen-bond donors (Lipinski definition) is 0. The second kappa shape index (κ2) is 12.6. The lowest BCUT2D eigenvalue weighted by molar-refractivity contribution is 0.288. The second-order valence-corrected chi connectivity index (χ2v) is 14.0. The van der Waals surface area contributed by atoms with E-state index >= 15 is 0 Å². The lowest BCUT2D eigenvalue weighted by atomic mass is 9.87. The number of alkyl halides is 3. The first-order valence-electron chi connectivity index (χ1n) is 13.3. The van der Waals surface area contributed by atoms with Crippen LogP contribution in [0.3, 0.4) is 0 Å². The molecule has 0 saturated carbocycles. The van der Waals surface area contributed by atoms with Crippen molar-refractivity contribution in [2.45, 2.75) is 41.5 Å². The Kier molecular flexibility index (Phi) is 9.08. The van der Waals surface area contributed by atoms with Gasteiger partial charge in [-0.3, -0.25) is 0 Å². The van der Waals surface area contributed by atoms with Crippen LogP contribution in [0.5, 0.6) is 0 Å². The highest BCUT2D eigenvalue weighted by atomic mass is 35.6. The quantitative estimate of drug-likeness (QED) is 0.187. The van der Waals surface area contributed by atoms with Gasteiger partial charge in [0.05, 0.1) is 10.9 Å². The molecule has 3 nitrogen and oxygen atoms in total. The van der Waals surface area contributed by atoms with Gasteiger partial charge in [0, 0.05) is 6.04 Å². The van der Waals surface area contributed by atoms with Gasteiger partial charge in [-0.1, -0.05) is 137 Å². The number of nitrogens with zero attached hydrogens (tertiary/aromatic N) is 1. The highest BCUT2D eigenvalue weighted by Gasteiger charge is 2.39. The normalized spacial score (nSPS) is 17.8. The number of aryl methyl sites for hydroxylation is 1. The summed E-state index contributed by atoms with van der Waals surface area (Å²) in [6.45, 7) is 3.96. The molecule has 2 atom stereocenters.